The van der Waals surface area contributed by atoms with Crippen LogP contribution in [0.15, 0.2) is 60.7 Å². The minimum absolute atomic E-state index is 0. The van der Waals surface area contributed by atoms with Crippen molar-refractivity contribution in [2.75, 3.05) is 0 Å². The van der Waals surface area contributed by atoms with Crippen molar-refractivity contribution >= 4 is 18.4 Å². The highest BCUT2D eigenvalue weighted by atomic mass is 35.5. The Bertz CT molecular complexity index is 477. The molecule has 4 heteroatoms. The van der Waals surface area contributed by atoms with E-state index in [2.05, 4.69) is 0 Å². The minimum Gasteiger partial charge on any atom is -0.480 e. The van der Waals surface area contributed by atoms with Crippen molar-refractivity contribution in [1.82, 2.24) is 0 Å². The lowest BCUT2D eigenvalue weighted by Gasteiger charge is -2.21. The Balaban J connectivity index is 0.00000180. The molecule has 0 heterocycles. The molecule has 1 atom stereocenters. The van der Waals surface area contributed by atoms with Gasteiger partial charge >= 0.3 is 5.97 Å². The zero-order valence-corrected chi connectivity index (χ0v) is 11.1. The van der Waals surface area contributed by atoms with Crippen molar-refractivity contribution in [3.63, 3.8) is 0 Å². The van der Waals surface area contributed by atoms with Crippen molar-refractivity contribution in [3.05, 3.63) is 71.8 Å². The summed E-state index contributed by atoms with van der Waals surface area (Å²) in [5, 5.41) is 9.15. The number of aliphatic carboxylic acids is 1. The van der Waals surface area contributed by atoms with E-state index in [1.165, 1.54) is 0 Å². The topological polar surface area (TPSA) is 63.3 Å². The Labute approximate surface area is 118 Å². The summed E-state index contributed by atoms with van der Waals surface area (Å²) < 4.78 is 0. The summed E-state index contributed by atoms with van der Waals surface area (Å²) in [5.41, 5.74) is 7.66. The van der Waals surface area contributed by atoms with Gasteiger partial charge in [0.25, 0.3) is 0 Å². The molecule has 100 valence electrons. The second-order valence-electron chi connectivity index (χ2n) is 4.16. The third-order valence-electron chi connectivity index (χ3n) is 2.96. The Kier molecular flexibility index (Phi) is 5.55. The Morgan fingerprint density at radius 2 is 1.26 bits per heavy atom. The molecule has 0 spiro atoms. The third kappa shape index (κ3) is 3.56. The quantitative estimate of drug-likeness (QED) is 0.903. The second kappa shape index (κ2) is 6.92. The Morgan fingerprint density at radius 3 is 1.58 bits per heavy atom. The van der Waals surface area contributed by atoms with E-state index in [1.807, 2.05) is 60.7 Å². The molecule has 0 amide bonds. The maximum absolute atomic E-state index is 11.2. The van der Waals surface area contributed by atoms with Crippen LogP contribution in [0.1, 0.15) is 17.0 Å². The molecule has 0 aromatic heterocycles. The van der Waals surface area contributed by atoms with E-state index in [4.69, 9.17) is 10.8 Å². The van der Waals surface area contributed by atoms with Crippen molar-refractivity contribution < 1.29 is 9.90 Å². The van der Waals surface area contributed by atoms with Crippen LogP contribution in [0.5, 0.6) is 0 Å². The van der Waals surface area contributed by atoms with Crippen LogP contribution >= 0.6 is 12.4 Å². The zero-order valence-electron chi connectivity index (χ0n) is 10.3. The highest BCUT2D eigenvalue weighted by Crippen LogP contribution is 2.27. The first-order chi connectivity index (χ1) is 8.70. The molecule has 2 rings (SSSR count). The summed E-state index contributed by atoms with van der Waals surface area (Å²) in [7, 11) is 0. The standard InChI is InChI=1S/C15H15NO2.ClH/c16-14(15(17)18)13(11-7-3-1-4-8-11)12-9-5-2-6-10-12;/h1-10,13-14H,16H2,(H,17,18);1H/t14-;/m1./s1. The van der Waals surface area contributed by atoms with Crippen molar-refractivity contribution in [1.29, 1.82) is 0 Å². The molecule has 0 bridgehead atoms. The van der Waals surface area contributed by atoms with Gasteiger partial charge in [0.2, 0.25) is 0 Å². The van der Waals surface area contributed by atoms with Crippen molar-refractivity contribution in [2.24, 2.45) is 5.73 Å². The fraction of sp³-hybridized carbons (Fsp3) is 0.133. The van der Waals surface area contributed by atoms with Crippen molar-refractivity contribution in [3.8, 4) is 0 Å². The number of carboxylic acids is 1. The van der Waals surface area contributed by atoms with E-state index in [9.17, 15) is 4.79 Å². The van der Waals surface area contributed by atoms with Gasteiger partial charge in [0.05, 0.1) is 0 Å². The van der Waals surface area contributed by atoms with E-state index in [1.54, 1.807) is 0 Å². The lowest BCUT2D eigenvalue weighted by Crippen LogP contribution is -2.37. The number of carboxylic acid groups (broad SMARTS) is 1. The molecule has 3 nitrogen and oxygen atoms in total. The predicted molar refractivity (Wildman–Crippen MR) is 77.6 cm³/mol. The van der Waals surface area contributed by atoms with Crippen LogP contribution < -0.4 is 5.73 Å². The van der Waals surface area contributed by atoms with Crippen LogP contribution in [-0.2, 0) is 4.79 Å². The molecule has 0 radical (unpaired) electrons. The summed E-state index contributed by atoms with van der Waals surface area (Å²) in [6.07, 6.45) is 0. The lowest BCUT2D eigenvalue weighted by atomic mass is 9.85. The molecule has 3 N–H and O–H groups in total. The van der Waals surface area contributed by atoms with Crippen LogP contribution in [0.2, 0.25) is 0 Å². The molecule has 0 aliphatic carbocycles. The Hall–Kier alpha value is -1.84. The molecule has 2 aromatic rings. The van der Waals surface area contributed by atoms with E-state index in [-0.39, 0.29) is 18.3 Å². The highest BCUT2D eigenvalue weighted by molar-refractivity contribution is 5.85. The smallest absolute Gasteiger partial charge is 0.321 e. The average Bonchev–Trinajstić information content (AvgIpc) is 2.41. The maximum atomic E-state index is 11.2. The molecule has 2 aromatic carbocycles. The summed E-state index contributed by atoms with van der Waals surface area (Å²) in [6, 6.07) is 18.0. The first-order valence-corrected chi connectivity index (χ1v) is 5.78. The van der Waals surface area contributed by atoms with Crippen molar-refractivity contribution in [2.45, 2.75) is 12.0 Å². The molecule has 0 saturated heterocycles. The highest BCUT2D eigenvalue weighted by Gasteiger charge is 2.26. The van der Waals surface area contributed by atoms with Crippen LogP contribution in [0, 0.1) is 0 Å². The van der Waals surface area contributed by atoms with E-state index >= 15 is 0 Å². The van der Waals surface area contributed by atoms with Crippen LogP contribution in [0.25, 0.3) is 0 Å². The summed E-state index contributed by atoms with van der Waals surface area (Å²) in [4.78, 5) is 11.2. The molecule has 19 heavy (non-hydrogen) atoms. The number of hydrogen-bond acceptors (Lipinski definition) is 2. The maximum Gasteiger partial charge on any atom is 0.321 e. The van der Waals surface area contributed by atoms with Gasteiger partial charge in [0, 0.05) is 5.92 Å². The average molecular weight is 278 g/mol. The third-order valence-corrected chi connectivity index (χ3v) is 2.96. The van der Waals surface area contributed by atoms with Gasteiger partial charge in [-0.05, 0) is 11.1 Å². The molecule has 0 unspecified atom stereocenters. The first-order valence-electron chi connectivity index (χ1n) is 5.78. The summed E-state index contributed by atoms with van der Waals surface area (Å²) in [5.74, 6) is -1.32. The monoisotopic (exact) mass is 277 g/mol. The normalized spacial score (nSPS) is 11.7. The lowest BCUT2D eigenvalue weighted by molar-refractivity contribution is -0.138. The zero-order chi connectivity index (χ0) is 13.0. The van der Waals surface area contributed by atoms with Gasteiger partial charge < -0.3 is 10.8 Å². The largest absolute Gasteiger partial charge is 0.480 e. The second-order valence-corrected chi connectivity index (χ2v) is 4.16. The van der Waals surface area contributed by atoms with E-state index in [0.29, 0.717) is 0 Å². The number of nitrogens with two attached hydrogens (primary N) is 1. The number of halogens is 1. The predicted octanol–water partition coefficient (Wildman–Crippen LogP) is 2.65. The minimum atomic E-state index is -0.993. The molecule has 0 aliphatic heterocycles. The van der Waals surface area contributed by atoms with Gasteiger partial charge in [-0.2, -0.15) is 0 Å². The van der Waals surface area contributed by atoms with Gasteiger partial charge in [0.1, 0.15) is 6.04 Å². The fourth-order valence-electron chi connectivity index (χ4n) is 2.07. The summed E-state index contributed by atoms with van der Waals surface area (Å²) in [6.45, 7) is 0. The number of hydrogen-bond donors (Lipinski definition) is 2. The first kappa shape index (κ1) is 15.2. The van der Waals surface area contributed by atoms with Crippen LogP contribution in [-0.4, -0.2) is 17.1 Å². The van der Waals surface area contributed by atoms with Crippen LogP contribution in [0.3, 0.4) is 0 Å². The Morgan fingerprint density at radius 1 is 0.895 bits per heavy atom. The fourth-order valence-corrected chi connectivity index (χ4v) is 2.07. The van der Waals surface area contributed by atoms with Gasteiger partial charge in [-0.3, -0.25) is 4.79 Å². The number of carbonyl (C=O) groups is 1. The number of rotatable bonds is 4. The van der Waals surface area contributed by atoms with E-state index in [0.717, 1.165) is 11.1 Å². The van der Waals surface area contributed by atoms with Crippen LogP contribution in [0.4, 0.5) is 0 Å². The summed E-state index contributed by atoms with van der Waals surface area (Å²) >= 11 is 0. The van der Waals surface area contributed by atoms with Gasteiger partial charge in [-0.25, -0.2) is 0 Å². The molecular formula is C15H16ClNO2. The van der Waals surface area contributed by atoms with Gasteiger partial charge in [-0.15, -0.1) is 12.4 Å². The molecule has 0 aliphatic rings. The molecular weight excluding hydrogens is 262 g/mol. The van der Waals surface area contributed by atoms with Gasteiger partial charge in [0.15, 0.2) is 0 Å². The van der Waals surface area contributed by atoms with E-state index < -0.39 is 12.0 Å². The molecule has 0 saturated carbocycles. The van der Waals surface area contributed by atoms with Gasteiger partial charge in [-0.1, -0.05) is 60.7 Å². The molecule has 0 fully saturated rings. The SMILES string of the molecule is Cl.N[C@@H](C(=O)O)C(c1ccccc1)c1ccccc1. The number of benzene rings is 2.